The van der Waals surface area contributed by atoms with E-state index in [0.717, 1.165) is 24.3 Å². The first-order valence-electron chi connectivity index (χ1n) is 5.75. The van der Waals surface area contributed by atoms with Crippen molar-refractivity contribution in [3.63, 3.8) is 0 Å². The van der Waals surface area contributed by atoms with E-state index in [4.69, 9.17) is 5.11 Å². The van der Waals surface area contributed by atoms with E-state index in [2.05, 4.69) is 5.32 Å². The minimum absolute atomic E-state index is 0.132. The number of carbonyl (C=O) groups is 2. The number of amides is 1. The molecule has 2 aromatic rings. The van der Waals surface area contributed by atoms with Gasteiger partial charge in [-0.25, -0.2) is 9.18 Å². The van der Waals surface area contributed by atoms with E-state index in [-0.39, 0.29) is 17.0 Å². The van der Waals surface area contributed by atoms with Crippen molar-refractivity contribution >= 4 is 17.6 Å². The fraction of sp³-hybridized carbons (Fsp3) is 0. The van der Waals surface area contributed by atoms with Gasteiger partial charge in [-0.2, -0.15) is 0 Å². The highest BCUT2D eigenvalue weighted by atomic mass is 19.1. The lowest BCUT2D eigenvalue weighted by atomic mass is 10.1. The van der Waals surface area contributed by atoms with Crippen LogP contribution in [-0.2, 0) is 0 Å². The number of hydrogen-bond donors (Lipinski definition) is 4. The van der Waals surface area contributed by atoms with Gasteiger partial charge in [-0.15, -0.1) is 0 Å². The van der Waals surface area contributed by atoms with Crippen LogP contribution in [0.2, 0.25) is 0 Å². The van der Waals surface area contributed by atoms with Crippen LogP contribution in [0.4, 0.5) is 10.1 Å². The Morgan fingerprint density at radius 3 is 2.43 bits per heavy atom. The van der Waals surface area contributed by atoms with Crippen LogP contribution in [0.1, 0.15) is 20.7 Å². The van der Waals surface area contributed by atoms with Gasteiger partial charge in [0.2, 0.25) is 0 Å². The Kier molecular flexibility index (Phi) is 3.75. The SMILES string of the molecule is O=C(O)c1cc(O)ccc1NC(=O)c1c(O)cccc1F. The van der Waals surface area contributed by atoms with Crippen LogP contribution in [0.3, 0.4) is 0 Å². The summed E-state index contributed by atoms with van der Waals surface area (Å²) in [5.74, 6) is -4.18. The Hall–Kier alpha value is -3.09. The lowest BCUT2D eigenvalue weighted by Crippen LogP contribution is -2.16. The van der Waals surface area contributed by atoms with Gasteiger partial charge in [0.05, 0.1) is 11.3 Å². The maximum absolute atomic E-state index is 13.5. The zero-order chi connectivity index (χ0) is 15.6. The molecule has 0 spiro atoms. The molecule has 0 aliphatic heterocycles. The van der Waals surface area contributed by atoms with Crippen LogP contribution in [0.25, 0.3) is 0 Å². The van der Waals surface area contributed by atoms with Crippen LogP contribution in [0.15, 0.2) is 36.4 Å². The molecule has 0 aromatic heterocycles. The van der Waals surface area contributed by atoms with Crippen molar-refractivity contribution in [3.8, 4) is 11.5 Å². The Labute approximate surface area is 118 Å². The monoisotopic (exact) mass is 291 g/mol. The van der Waals surface area contributed by atoms with E-state index in [1.807, 2.05) is 0 Å². The maximum atomic E-state index is 13.5. The lowest BCUT2D eigenvalue weighted by Gasteiger charge is -2.10. The van der Waals surface area contributed by atoms with E-state index in [9.17, 15) is 24.2 Å². The highest BCUT2D eigenvalue weighted by Crippen LogP contribution is 2.25. The summed E-state index contributed by atoms with van der Waals surface area (Å²) in [6, 6.07) is 6.62. The molecule has 0 aliphatic carbocycles. The van der Waals surface area contributed by atoms with Gasteiger partial charge >= 0.3 is 5.97 Å². The first kappa shape index (κ1) is 14.3. The molecule has 0 saturated carbocycles. The third-order valence-electron chi connectivity index (χ3n) is 2.70. The molecule has 0 atom stereocenters. The summed E-state index contributed by atoms with van der Waals surface area (Å²) in [5.41, 5.74) is -1.09. The number of hydrogen-bond acceptors (Lipinski definition) is 4. The van der Waals surface area contributed by atoms with Gasteiger partial charge in [-0.1, -0.05) is 6.07 Å². The summed E-state index contributed by atoms with van der Waals surface area (Å²) in [4.78, 5) is 23.0. The number of aromatic hydroxyl groups is 2. The zero-order valence-corrected chi connectivity index (χ0v) is 10.5. The van der Waals surface area contributed by atoms with Crippen molar-refractivity contribution in [3.05, 3.63) is 53.3 Å². The highest BCUT2D eigenvalue weighted by molar-refractivity contribution is 6.09. The number of benzene rings is 2. The number of rotatable bonds is 3. The number of aromatic carboxylic acids is 1. The van der Waals surface area contributed by atoms with Crippen LogP contribution < -0.4 is 5.32 Å². The summed E-state index contributed by atoms with van der Waals surface area (Å²) in [5, 5.41) is 29.9. The zero-order valence-electron chi connectivity index (χ0n) is 10.5. The maximum Gasteiger partial charge on any atom is 0.337 e. The number of phenolic OH excluding ortho intramolecular Hbond substituents is 2. The molecule has 7 heteroatoms. The van der Waals surface area contributed by atoms with Gasteiger partial charge < -0.3 is 20.6 Å². The molecule has 2 aromatic carbocycles. The van der Waals surface area contributed by atoms with E-state index < -0.39 is 29.0 Å². The summed E-state index contributed by atoms with van der Waals surface area (Å²) in [7, 11) is 0. The predicted molar refractivity (Wildman–Crippen MR) is 71.1 cm³/mol. The van der Waals surface area contributed by atoms with Crippen LogP contribution in [-0.4, -0.2) is 27.2 Å². The standard InChI is InChI=1S/C14H10FNO5/c15-9-2-1-3-11(18)12(9)13(19)16-10-5-4-7(17)6-8(10)14(20)21/h1-6,17-18H,(H,16,19)(H,20,21). The smallest absolute Gasteiger partial charge is 0.337 e. The molecule has 0 heterocycles. The first-order chi connectivity index (χ1) is 9.90. The Bertz CT molecular complexity index is 709. The second-order valence-corrected chi connectivity index (χ2v) is 4.12. The molecule has 4 N–H and O–H groups in total. The first-order valence-corrected chi connectivity index (χ1v) is 5.75. The van der Waals surface area contributed by atoms with Crippen LogP contribution >= 0.6 is 0 Å². The molecular weight excluding hydrogens is 281 g/mol. The molecule has 0 bridgehead atoms. The van der Waals surface area contributed by atoms with Crippen LogP contribution in [0, 0.1) is 5.82 Å². The molecule has 21 heavy (non-hydrogen) atoms. The minimum atomic E-state index is -1.38. The van der Waals surface area contributed by atoms with Crippen molar-refractivity contribution < 1.29 is 29.3 Å². The molecule has 1 amide bonds. The summed E-state index contributed by atoms with van der Waals surface area (Å²) in [6.07, 6.45) is 0. The number of halogens is 1. The largest absolute Gasteiger partial charge is 0.508 e. The van der Waals surface area contributed by atoms with E-state index >= 15 is 0 Å². The fourth-order valence-electron chi connectivity index (χ4n) is 1.74. The van der Waals surface area contributed by atoms with Gasteiger partial charge in [0.25, 0.3) is 5.91 Å². The van der Waals surface area contributed by atoms with Crippen molar-refractivity contribution in [2.75, 3.05) is 5.32 Å². The van der Waals surface area contributed by atoms with E-state index in [1.165, 1.54) is 12.1 Å². The van der Waals surface area contributed by atoms with Crippen molar-refractivity contribution in [2.24, 2.45) is 0 Å². The number of phenols is 2. The second-order valence-electron chi connectivity index (χ2n) is 4.12. The third-order valence-corrected chi connectivity index (χ3v) is 2.70. The van der Waals surface area contributed by atoms with Gasteiger partial charge in [0.15, 0.2) is 0 Å². The molecule has 0 aliphatic rings. The quantitative estimate of drug-likeness (QED) is 0.648. The average molecular weight is 291 g/mol. The molecule has 6 nitrogen and oxygen atoms in total. The van der Waals surface area contributed by atoms with E-state index in [0.29, 0.717) is 0 Å². The summed E-state index contributed by atoms with van der Waals surface area (Å²) in [6.45, 7) is 0. The third kappa shape index (κ3) is 2.92. The Morgan fingerprint density at radius 2 is 1.81 bits per heavy atom. The fourth-order valence-corrected chi connectivity index (χ4v) is 1.74. The normalized spacial score (nSPS) is 10.1. The molecule has 0 radical (unpaired) electrons. The topological polar surface area (TPSA) is 107 Å². The minimum Gasteiger partial charge on any atom is -0.508 e. The van der Waals surface area contributed by atoms with E-state index in [1.54, 1.807) is 0 Å². The van der Waals surface area contributed by atoms with Crippen molar-refractivity contribution in [1.82, 2.24) is 0 Å². The van der Waals surface area contributed by atoms with Crippen LogP contribution in [0.5, 0.6) is 11.5 Å². The number of carboxylic acid groups (broad SMARTS) is 1. The number of nitrogens with one attached hydrogen (secondary N) is 1. The molecular formula is C14H10FNO5. The number of carboxylic acids is 1. The molecule has 0 saturated heterocycles. The van der Waals surface area contributed by atoms with Gasteiger partial charge in [-0.3, -0.25) is 4.79 Å². The second kappa shape index (κ2) is 5.49. The molecule has 2 rings (SSSR count). The summed E-state index contributed by atoms with van der Waals surface area (Å²) < 4.78 is 13.5. The Balaban J connectivity index is 2.39. The highest BCUT2D eigenvalue weighted by Gasteiger charge is 2.19. The predicted octanol–water partition coefficient (Wildman–Crippen LogP) is 2.19. The summed E-state index contributed by atoms with van der Waals surface area (Å²) >= 11 is 0. The molecule has 108 valence electrons. The molecule has 0 fully saturated rings. The average Bonchev–Trinajstić information content (AvgIpc) is 2.40. The molecule has 0 unspecified atom stereocenters. The van der Waals surface area contributed by atoms with Gasteiger partial charge in [0, 0.05) is 0 Å². The van der Waals surface area contributed by atoms with Gasteiger partial charge in [-0.05, 0) is 30.3 Å². The van der Waals surface area contributed by atoms with Crippen molar-refractivity contribution in [2.45, 2.75) is 0 Å². The van der Waals surface area contributed by atoms with Gasteiger partial charge in [0.1, 0.15) is 22.9 Å². The Morgan fingerprint density at radius 1 is 1.10 bits per heavy atom. The van der Waals surface area contributed by atoms with Crippen molar-refractivity contribution in [1.29, 1.82) is 0 Å². The number of anilines is 1. The lowest BCUT2D eigenvalue weighted by molar-refractivity contribution is 0.0697. The number of carbonyl (C=O) groups excluding carboxylic acids is 1.